The molecule has 0 saturated heterocycles. The number of primary amides is 1. The highest BCUT2D eigenvalue weighted by Crippen LogP contribution is 2.54. The van der Waals surface area contributed by atoms with E-state index in [1.54, 1.807) is 14.1 Å². The average Bonchev–Trinajstić information content (AvgIpc) is 2.92. The Morgan fingerprint density at radius 2 is 1.76 bits per heavy atom. The number of ketones is 2. The molecular formula is C31H42N4O7. The van der Waals surface area contributed by atoms with E-state index in [9.17, 15) is 34.8 Å². The van der Waals surface area contributed by atoms with Crippen LogP contribution in [0, 0.1) is 17.8 Å². The van der Waals surface area contributed by atoms with Crippen LogP contribution in [0.4, 0.5) is 5.69 Å². The average molecular weight is 583 g/mol. The summed E-state index contributed by atoms with van der Waals surface area (Å²) in [6.45, 7) is 1.18. The summed E-state index contributed by atoms with van der Waals surface area (Å²) in [7, 11) is 6.89. The standard InChI is InChI=1S/C31H42N4O7/c1-34(2)20-12-17(14-33-13-15-8-6-5-7-9-15)25(36)22-18(20)10-16-11-19-24(35(3)4)27(38)23(30(32)41)29(40)31(19,42)28(39)21(16)26(22)37/h12,15-16,19,24,33,36-37,40,42H,5-11,13-14H2,1-4H3,(H2,32,41)/t16-,19-,24?,31-/m1/s1. The second-order valence-corrected chi connectivity index (χ2v) is 12.7. The van der Waals surface area contributed by atoms with Crippen LogP contribution in [-0.4, -0.2) is 89.2 Å². The first kappa shape index (κ1) is 30.1. The Hall–Kier alpha value is -3.41. The molecule has 4 aliphatic carbocycles. The normalized spacial score (nSPS) is 28.1. The van der Waals surface area contributed by atoms with Crippen LogP contribution in [-0.2, 0) is 27.3 Å². The summed E-state index contributed by atoms with van der Waals surface area (Å²) in [6, 6.07) is 0.781. The molecule has 11 nitrogen and oxygen atoms in total. The Morgan fingerprint density at radius 1 is 1.10 bits per heavy atom. The molecule has 0 bridgehead atoms. The van der Waals surface area contributed by atoms with Crippen molar-refractivity contribution < 1.29 is 34.8 Å². The van der Waals surface area contributed by atoms with Crippen molar-refractivity contribution in [3.05, 3.63) is 39.7 Å². The van der Waals surface area contributed by atoms with Gasteiger partial charge in [0.2, 0.25) is 5.78 Å². The second kappa shape index (κ2) is 11.0. The van der Waals surface area contributed by atoms with Gasteiger partial charge in [-0.3, -0.25) is 19.3 Å². The van der Waals surface area contributed by atoms with Crippen molar-refractivity contribution in [1.29, 1.82) is 0 Å². The first-order chi connectivity index (χ1) is 19.8. The van der Waals surface area contributed by atoms with Crippen molar-refractivity contribution in [3.63, 3.8) is 0 Å². The maximum atomic E-state index is 14.1. The molecule has 2 fully saturated rings. The highest BCUT2D eigenvalue weighted by atomic mass is 16.3. The van der Waals surface area contributed by atoms with Crippen molar-refractivity contribution >= 4 is 28.9 Å². The van der Waals surface area contributed by atoms with Gasteiger partial charge < -0.3 is 36.4 Å². The van der Waals surface area contributed by atoms with Gasteiger partial charge >= 0.3 is 0 Å². The lowest BCUT2D eigenvalue weighted by Crippen LogP contribution is -2.65. The number of anilines is 1. The number of nitrogens with one attached hydrogen (secondary N) is 1. The number of phenolic OH excluding ortho intramolecular Hbond substituents is 1. The summed E-state index contributed by atoms with van der Waals surface area (Å²) >= 11 is 0. The van der Waals surface area contributed by atoms with Gasteiger partial charge in [-0.05, 0) is 69.8 Å². The lowest BCUT2D eigenvalue weighted by Gasteiger charge is -2.50. The number of amides is 1. The fourth-order valence-electron chi connectivity index (χ4n) is 7.68. The van der Waals surface area contributed by atoms with E-state index in [-0.39, 0.29) is 29.7 Å². The third-order valence-corrected chi connectivity index (χ3v) is 9.73. The van der Waals surface area contributed by atoms with Crippen LogP contribution >= 0.6 is 0 Å². The number of carbonyl (C=O) groups excluding carboxylic acids is 3. The molecule has 0 aliphatic heterocycles. The number of fused-ring (bicyclic) bond motifs is 3. The number of nitrogens with two attached hydrogens (primary N) is 1. The zero-order chi connectivity index (χ0) is 30.7. The van der Waals surface area contributed by atoms with E-state index >= 15 is 0 Å². The molecule has 1 unspecified atom stereocenters. The van der Waals surface area contributed by atoms with E-state index in [0.29, 0.717) is 23.6 Å². The molecule has 4 aliphatic rings. The fraction of sp³-hybridized carbons (Fsp3) is 0.581. The monoisotopic (exact) mass is 582 g/mol. The van der Waals surface area contributed by atoms with Gasteiger partial charge in [0.1, 0.15) is 22.8 Å². The predicted octanol–water partition coefficient (Wildman–Crippen LogP) is 1.70. The first-order valence-corrected chi connectivity index (χ1v) is 14.7. The Morgan fingerprint density at radius 3 is 2.36 bits per heavy atom. The van der Waals surface area contributed by atoms with E-state index in [2.05, 4.69) is 5.32 Å². The smallest absolute Gasteiger partial charge is 0.255 e. The van der Waals surface area contributed by atoms with Gasteiger partial charge in [0, 0.05) is 43.4 Å². The molecule has 0 radical (unpaired) electrons. The number of likely N-dealkylation sites (N-methyl/N-ethyl adjacent to an activating group) is 1. The van der Waals surface area contributed by atoms with E-state index in [4.69, 9.17) is 5.73 Å². The number of rotatable bonds is 7. The number of benzene rings is 1. The summed E-state index contributed by atoms with van der Waals surface area (Å²) in [5.41, 5.74) is 3.90. The molecule has 11 heteroatoms. The number of hydrogen-bond acceptors (Lipinski definition) is 10. The van der Waals surface area contributed by atoms with Crippen LogP contribution < -0.4 is 16.0 Å². The molecule has 42 heavy (non-hydrogen) atoms. The zero-order valence-electron chi connectivity index (χ0n) is 24.7. The summed E-state index contributed by atoms with van der Waals surface area (Å²) in [5.74, 6) is -5.87. The fourth-order valence-corrected chi connectivity index (χ4v) is 7.68. The van der Waals surface area contributed by atoms with E-state index in [0.717, 1.165) is 12.2 Å². The summed E-state index contributed by atoms with van der Waals surface area (Å²) < 4.78 is 0. The van der Waals surface area contributed by atoms with Crippen molar-refractivity contribution in [3.8, 4) is 5.75 Å². The topological polar surface area (TPSA) is 177 Å². The SMILES string of the molecule is CN(C)c1cc(CNCC2CCCCC2)c(O)c2c1C[C@@H]1C[C@@H]3C(N(C)C)C(=O)C(C(N)=O)=C(O)[C@]3(O)C(=O)C1=C2O. The summed E-state index contributed by atoms with van der Waals surface area (Å²) in [6.07, 6.45) is 6.37. The van der Waals surface area contributed by atoms with Crippen molar-refractivity contribution in [1.82, 2.24) is 10.2 Å². The number of phenols is 1. The third kappa shape index (κ3) is 4.58. The third-order valence-electron chi connectivity index (χ3n) is 9.73. The number of Topliss-reactive ketones (excluding diaryl/α,β-unsaturated/α-hetero) is 2. The molecule has 0 spiro atoms. The van der Waals surface area contributed by atoms with Gasteiger partial charge in [-0.2, -0.15) is 0 Å². The van der Waals surface area contributed by atoms with Gasteiger partial charge in [-0.1, -0.05) is 19.3 Å². The predicted molar refractivity (Wildman–Crippen MR) is 157 cm³/mol. The first-order valence-electron chi connectivity index (χ1n) is 14.7. The Balaban J connectivity index is 1.60. The molecule has 0 heterocycles. The highest BCUT2D eigenvalue weighted by molar-refractivity contribution is 6.24. The minimum atomic E-state index is -2.65. The largest absolute Gasteiger partial charge is 0.508 e. The van der Waals surface area contributed by atoms with Crippen LogP contribution in [0.3, 0.4) is 0 Å². The molecule has 1 amide bonds. The molecule has 5 rings (SSSR count). The molecule has 0 aromatic heterocycles. The zero-order valence-corrected chi connectivity index (χ0v) is 24.7. The van der Waals surface area contributed by atoms with Crippen molar-refractivity contribution in [2.24, 2.45) is 23.5 Å². The maximum Gasteiger partial charge on any atom is 0.255 e. The molecule has 1 aromatic carbocycles. The van der Waals surface area contributed by atoms with E-state index in [1.165, 1.54) is 37.0 Å². The maximum absolute atomic E-state index is 14.1. The number of hydrogen-bond donors (Lipinski definition) is 6. The minimum Gasteiger partial charge on any atom is -0.508 e. The minimum absolute atomic E-state index is 0.0596. The molecule has 228 valence electrons. The summed E-state index contributed by atoms with van der Waals surface area (Å²) in [4.78, 5) is 42.9. The van der Waals surface area contributed by atoms with Crippen LogP contribution in [0.25, 0.3) is 5.76 Å². The molecule has 7 N–H and O–H groups in total. The van der Waals surface area contributed by atoms with Gasteiger partial charge in [0.05, 0.1) is 11.6 Å². The molecule has 1 aromatic rings. The Bertz CT molecular complexity index is 1390. The number of aromatic hydroxyl groups is 1. The quantitative estimate of drug-likeness (QED) is 0.259. The summed E-state index contributed by atoms with van der Waals surface area (Å²) in [5, 5.41) is 49.4. The van der Waals surface area contributed by atoms with Gasteiger partial charge in [0.15, 0.2) is 11.4 Å². The van der Waals surface area contributed by atoms with Crippen LogP contribution in [0.15, 0.2) is 23.0 Å². The molecule has 4 atom stereocenters. The van der Waals surface area contributed by atoms with Crippen LogP contribution in [0.1, 0.15) is 55.2 Å². The van der Waals surface area contributed by atoms with Crippen LogP contribution in [0.2, 0.25) is 0 Å². The lowest BCUT2D eigenvalue weighted by molar-refractivity contribution is -0.153. The van der Waals surface area contributed by atoms with Gasteiger partial charge in [-0.25, -0.2) is 0 Å². The van der Waals surface area contributed by atoms with E-state index < -0.39 is 58.0 Å². The Labute approximate surface area is 245 Å². The number of aliphatic hydroxyl groups excluding tert-OH is 2. The van der Waals surface area contributed by atoms with E-state index in [1.807, 2.05) is 25.1 Å². The van der Waals surface area contributed by atoms with Gasteiger partial charge in [0.25, 0.3) is 5.91 Å². The van der Waals surface area contributed by atoms with Crippen LogP contribution in [0.5, 0.6) is 5.75 Å². The van der Waals surface area contributed by atoms with Crippen molar-refractivity contribution in [2.45, 2.75) is 63.1 Å². The lowest BCUT2D eigenvalue weighted by atomic mass is 9.57. The highest BCUT2D eigenvalue weighted by Gasteiger charge is 2.64. The Kier molecular flexibility index (Phi) is 7.88. The van der Waals surface area contributed by atoms with Gasteiger partial charge in [-0.15, -0.1) is 0 Å². The number of aliphatic hydroxyl groups is 3. The molecule has 2 saturated carbocycles. The second-order valence-electron chi connectivity index (χ2n) is 12.7. The number of carbonyl (C=O) groups is 3. The molecular weight excluding hydrogens is 540 g/mol. The van der Waals surface area contributed by atoms with Crippen molar-refractivity contribution in [2.75, 3.05) is 39.6 Å². The number of nitrogens with zero attached hydrogens (tertiary/aromatic N) is 2.